The minimum Gasteiger partial charge on any atom is -0.477 e. The predicted octanol–water partition coefficient (Wildman–Crippen LogP) is 4.32. The summed E-state index contributed by atoms with van der Waals surface area (Å²) < 4.78 is 40.5. The first-order valence-corrected chi connectivity index (χ1v) is 11.2. The SMILES string of the molecule is CCOC(=O)NC(c1ccccc1)C(C)/C(=N\S(=O)(=O)c1ccccc1)OC(C)C. The van der Waals surface area contributed by atoms with Gasteiger partial charge in [0.15, 0.2) is 0 Å². The molecule has 1 amide bonds. The zero-order valence-corrected chi connectivity index (χ0v) is 18.4. The summed E-state index contributed by atoms with van der Waals surface area (Å²) >= 11 is 0. The Bertz CT molecular complexity index is 944. The Hall–Kier alpha value is -2.87. The lowest BCUT2D eigenvalue weighted by molar-refractivity contribution is 0.144. The molecule has 0 aliphatic heterocycles. The fraction of sp³-hybridized carbons (Fsp3) is 0.364. The van der Waals surface area contributed by atoms with E-state index in [1.54, 1.807) is 45.9 Å². The lowest BCUT2D eigenvalue weighted by Gasteiger charge is -2.27. The second-order valence-corrected chi connectivity index (χ2v) is 8.53. The number of ether oxygens (including phenoxy) is 2. The van der Waals surface area contributed by atoms with Crippen LogP contribution in [0.15, 0.2) is 70.0 Å². The summed E-state index contributed by atoms with van der Waals surface area (Å²) in [6.07, 6.45) is -0.913. The van der Waals surface area contributed by atoms with Crippen molar-refractivity contribution in [2.75, 3.05) is 6.61 Å². The van der Waals surface area contributed by atoms with Gasteiger partial charge in [-0.15, -0.1) is 4.40 Å². The molecule has 0 aliphatic rings. The van der Waals surface area contributed by atoms with E-state index in [1.807, 2.05) is 30.3 Å². The fourth-order valence-electron chi connectivity index (χ4n) is 2.82. The highest BCUT2D eigenvalue weighted by atomic mass is 32.2. The molecule has 7 nitrogen and oxygen atoms in total. The Morgan fingerprint density at radius 2 is 1.57 bits per heavy atom. The van der Waals surface area contributed by atoms with Gasteiger partial charge in [-0.3, -0.25) is 0 Å². The molecule has 2 aromatic carbocycles. The molecular weight excluding hydrogens is 404 g/mol. The highest BCUT2D eigenvalue weighted by Crippen LogP contribution is 2.26. The molecule has 0 spiro atoms. The number of hydrogen-bond donors (Lipinski definition) is 1. The summed E-state index contributed by atoms with van der Waals surface area (Å²) in [6, 6.07) is 16.5. The van der Waals surface area contributed by atoms with Crippen LogP contribution in [0, 0.1) is 5.92 Å². The fourth-order valence-corrected chi connectivity index (χ4v) is 3.87. The summed E-state index contributed by atoms with van der Waals surface area (Å²) in [6.45, 7) is 7.25. The van der Waals surface area contributed by atoms with Crippen LogP contribution in [-0.2, 0) is 19.5 Å². The van der Waals surface area contributed by atoms with E-state index in [0.29, 0.717) is 0 Å². The quantitative estimate of drug-likeness (QED) is 0.495. The van der Waals surface area contributed by atoms with Crippen molar-refractivity contribution in [2.45, 2.75) is 44.7 Å². The van der Waals surface area contributed by atoms with Crippen LogP contribution in [-0.4, -0.2) is 33.1 Å². The van der Waals surface area contributed by atoms with E-state index in [2.05, 4.69) is 9.71 Å². The highest BCUT2D eigenvalue weighted by Gasteiger charge is 2.30. The zero-order chi connectivity index (χ0) is 22.1. The number of carbonyl (C=O) groups excluding carboxylic acids is 1. The minimum atomic E-state index is -3.99. The Morgan fingerprint density at radius 3 is 2.10 bits per heavy atom. The molecular formula is C22H28N2O5S. The average molecular weight is 433 g/mol. The predicted molar refractivity (Wildman–Crippen MR) is 116 cm³/mol. The zero-order valence-electron chi connectivity index (χ0n) is 17.6. The van der Waals surface area contributed by atoms with Crippen LogP contribution in [0.3, 0.4) is 0 Å². The number of carbonyl (C=O) groups is 1. The summed E-state index contributed by atoms with van der Waals surface area (Å²) in [5, 5.41) is 2.80. The van der Waals surface area contributed by atoms with Crippen molar-refractivity contribution in [1.29, 1.82) is 0 Å². The van der Waals surface area contributed by atoms with Crippen LogP contribution in [0.1, 0.15) is 39.3 Å². The van der Waals surface area contributed by atoms with Gasteiger partial charge in [0.05, 0.1) is 29.6 Å². The number of alkyl carbamates (subject to hydrolysis) is 1. The van der Waals surface area contributed by atoms with Gasteiger partial charge in [-0.2, -0.15) is 8.42 Å². The summed E-state index contributed by atoms with van der Waals surface area (Å²) in [5.41, 5.74) is 0.773. The van der Waals surface area contributed by atoms with Gasteiger partial charge >= 0.3 is 6.09 Å². The molecule has 0 bridgehead atoms. The number of sulfonamides is 1. The molecule has 0 fully saturated rings. The number of nitrogens with one attached hydrogen (secondary N) is 1. The van der Waals surface area contributed by atoms with E-state index in [0.717, 1.165) is 5.56 Å². The number of nitrogens with zero attached hydrogens (tertiary/aromatic N) is 1. The molecule has 0 heterocycles. The maximum atomic E-state index is 12.8. The molecule has 0 radical (unpaired) electrons. The van der Waals surface area contributed by atoms with Crippen molar-refractivity contribution in [2.24, 2.45) is 10.3 Å². The van der Waals surface area contributed by atoms with Gasteiger partial charge in [-0.25, -0.2) is 4.79 Å². The van der Waals surface area contributed by atoms with E-state index in [1.165, 1.54) is 12.1 Å². The first-order chi connectivity index (χ1) is 14.2. The van der Waals surface area contributed by atoms with Crippen LogP contribution in [0.2, 0.25) is 0 Å². The summed E-state index contributed by atoms with van der Waals surface area (Å²) in [4.78, 5) is 12.2. The molecule has 0 aliphatic carbocycles. The van der Waals surface area contributed by atoms with Crippen LogP contribution in [0.4, 0.5) is 4.79 Å². The lowest BCUT2D eigenvalue weighted by Crippen LogP contribution is -2.37. The molecule has 162 valence electrons. The van der Waals surface area contributed by atoms with Crippen LogP contribution in [0.5, 0.6) is 0 Å². The van der Waals surface area contributed by atoms with Gasteiger partial charge in [0, 0.05) is 0 Å². The van der Waals surface area contributed by atoms with Crippen molar-refractivity contribution in [3.05, 3.63) is 66.2 Å². The van der Waals surface area contributed by atoms with Gasteiger partial charge in [-0.1, -0.05) is 55.5 Å². The van der Waals surface area contributed by atoms with E-state index in [4.69, 9.17) is 9.47 Å². The molecule has 8 heteroatoms. The van der Waals surface area contributed by atoms with E-state index >= 15 is 0 Å². The molecule has 2 atom stereocenters. The largest absolute Gasteiger partial charge is 0.477 e. The normalized spacial score (nSPS) is 14.1. The summed E-state index contributed by atoms with van der Waals surface area (Å²) in [5.74, 6) is -0.572. The molecule has 2 rings (SSSR count). The number of amides is 1. The standard InChI is InChI=1S/C22H28N2O5S/c1-5-28-22(25)23-20(18-12-8-6-9-13-18)17(4)21(29-16(2)3)24-30(26,27)19-14-10-7-11-15-19/h6-17,20H,5H2,1-4H3,(H,23,25)/b24-21+. The van der Waals surface area contributed by atoms with Crippen molar-refractivity contribution in [3.8, 4) is 0 Å². The maximum Gasteiger partial charge on any atom is 0.407 e. The van der Waals surface area contributed by atoms with Gasteiger partial charge in [0.2, 0.25) is 5.90 Å². The molecule has 0 saturated heterocycles. The average Bonchev–Trinajstić information content (AvgIpc) is 2.72. The Kier molecular flexibility index (Phi) is 8.41. The van der Waals surface area contributed by atoms with E-state index in [9.17, 15) is 13.2 Å². The van der Waals surface area contributed by atoms with Crippen LogP contribution < -0.4 is 5.32 Å². The van der Waals surface area contributed by atoms with Gasteiger partial charge in [0.25, 0.3) is 10.0 Å². The lowest BCUT2D eigenvalue weighted by atomic mass is 9.94. The molecule has 1 N–H and O–H groups in total. The number of rotatable bonds is 8. The monoisotopic (exact) mass is 432 g/mol. The van der Waals surface area contributed by atoms with Gasteiger partial charge < -0.3 is 14.8 Å². The molecule has 0 saturated carbocycles. The molecule has 30 heavy (non-hydrogen) atoms. The van der Waals surface area contributed by atoms with Crippen molar-refractivity contribution >= 4 is 22.0 Å². The van der Waals surface area contributed by atoms with Crippen LogP contribution in [0.25, 0.3) is 0 Å². The molecule has 2 unspecified atom stereocenters. The maximum absolute atomic E-state index is 12.8. The second kappa shape index (κ2) is 10.8. The first-order valence-electron chi connectivity index (χ1n) is 9.79. The summed E-state index contributed by atoms with van der Waals surface area (Å²) in [7, 11) is -3.99. The third-order valence-corrected chi connectivity index (χ3v) is 5.49. The topological polar surface area (TPSA) is 94.1 Å². The van der Waals surface area contributed by atoms with E-state index in [-0.39, 0.29) is 23.5 Å². The molecule has 2 aromatic rings. The third-order valence-electron chi connectivity index (χ3n) is 4.20. The van der Waals surface area contributed by atoms with Gasteiger partial charge in [-0.05, 0) is 38.5 Å². The molecule has 0 aromatic heterocycles. The van der Waals surface area contributed by atoms with Crippen molar-refractivity contribution in [1.82, 2.24) is 5.32 Å². The second-order valence-electron chi connectivity index (χ2n) is 6.93. The highest BCUT2D eigenvalue weighted by molar-refractivity contribution is 7.90. The van der Waals surface area contributed by atoms with E-state index < -0.39 is 28.1 Å². The van der Waals surface area contributed by atoms with Gasteiger partial charge in [0.1, 0.15) is 0 Å². The van der Waals surface area contributed by atoms with Crippen molar-refractivity contribution in [3.63, 3.8) is 0 Å². The minimum absolute atomic E-state index is 0.0134. The first kappa shape index (κ1) is 23.4. The number of benzene rings is 2. The number of hydrogen-bond acceptors (Lipinski definition) is 5. The third kappa shape index (κ3) is 6.59. The van der Waals surface area contributed by atoms with Crippen molar-refractivity contribution < 1.29 is 22.7 Å². The Labute approximate surface area is 178 Å². The Morgan fingerprint density at radius 1 is 1.00 bits per heavy atom. The smallest absolute Gasteiger partial charge is 0.407 e. The van der Waals surface area contributed by atoms with Crippen LogP contribution >= 0.6 is 0 Å². The Balaban J connectivity index is 2.47.